The minimum absolute atomic E-state index is 0.0485. The number of nitro groups is 2. The number of nitrogens with one attached hydrogen (secondary N) is 1. The number of anilines is 1. The molecular formula is C24H14ClIN4O9. The van der Waals surface area contributed by atoms with Crippen LogP contribution in [0, 0.1) is 23.8 Å². The van der Waals surface area contributed by atoms with Gasteiger partial charge in [-0.15, -0.1) is 0 Å². The maximum Gasteiger partial charge on any atom is 0.335 e. The van der Waals surface area contributed by atoms with Crippen LogP contribution in [0.3, 0.4) is 0 Å². The second-order valence-corrected chi connectivity index (χ2v) is 9.34. The summed E-state index contributed by atoms with van der Waals surface area (Å²) in [4.78, 5) is 59.8. The standard InChI is InChI=1S/C24H14ClIN4O9/c1-38-20-9-12(7-16-22(31)27-24(33)28(23(16)32)14-4-2-3-13(25)10-14)8-17(26)21(20)39-19-6-5-15(29(34)35)11-18(19)30(36)37/h2-11H,1H3,(H,27,31,33)/b16-7+. The summed E-state index contributed by atoms with van der Waals surface area (Å²) in [7, 11) is 1.30. The van der Waals surface area contributed by atoms with Crippen LogP contribution in [-0.2, 0) is 9.59 Å². The van der Waals surface area contributed by atoms with E-state index in [4.69, 9.17) is 21.1 Å². The lowest BCUT2D eigenvalue weighted by atomic mass is 10.1. The summed E-state index contributed by atoms with van der Waals surface area (Å²) in [5.41, 5.74) is -1.02. The molecule has 0 atom stereocenters. The Kier molecular flexibility index (Phi) is 7.78. The second-order valence-electron chi connectivity index (χ2n) is 7.74. The number of carbonyl (C=O) groups excluding carboxylic acids is 3. The third kappa shape index (κ3) is 5.65. The molecule has 198 valence electrons. The van der Waals surface area contributed by atoms with Crippen molar-refractivity contribution in [3.63, 3.8) is 0 Å². The summed E-state index contributed by atoms with van der Waals surface area (Å²) in [6.45, 7) is 0. The molecule has 13 nitrogen and oxygen atoms in total. The van der Waals surface area contributed by atoms with Crippen molar-refractivity contribution in [1.29, 1.82) is 0 Å². The van der Waals surface area contributed by atoms with Gasteiger partial charge >= 0.3 is 11.7 Å². The van der Waals surface area contributed by atoms with Gasteiger partial charge in [-0.05, 0) is 70.6 Å². The summed E-state index contributed by atoms with van der Waals surface area (Å²) < 4.78 is 11.4. The highest BCUT2D eigenvalue weighted by atomic mass is 127. The number of rotatable bonds is 7. The highest BCUT2D eigenvalue weighted by Crippen LogP contribution is 2.41. The molecule has 15 heteroatoms. The van der Waals surface area contributed by atoms with Gasteiger partial charge in [0.05, 0.1) is 32.3 Å². The van der Waals surface area contributed by atoms with Gasteiger partial charge in [0.25, 0.3) is 17.5 Å². The summed E-state index contributed by atoms with van der Waals surface area (Å²) in [5, 5.41) is 24.9. The van der Waals surface area contributed by atoms with Crippen LogP contribution < -0.4 is 19.7 Å². The van der Waals surface area contributed by atoms with E-state index in [1.807, 2.05) is 22.6 Å². The zero-order chi connectivity index (χ0) is 28.4. The van der Waals surface area contributed by atoms with E-state index in [9.17, 15) is 34.6 Å². The Bertz CT molecular complexity index is 1610. The third-order valence-corrected chi connectivity index (χ3v) is 6.33. The Morgan fingerprint density at radius 3 is 2.38 bits per heavy atom. The van der Waals surface area contributed by atoms with Crippen LogP contribution >= 0.6 is 34.2 Å². The molecule has 1 fully saturated rings. The lowest BCUT2D eigenvalue weighted by Crippen LogP contribution is -2.54. The topological polar surface area (TPSA) is 171 Å². The maximum absolute atomic E-state index is 13.1. The zero-order valence-corrected chi connectivity index (χ0v) is 22.5. The van der Waals surface area contributed by atoms with E-state index >= 15 is 0 Å². The first kappa shape index (κ1) is 27.5. The summed E-state index contributed by atoms with van der Waals surface area (Å²) in [6, 6.07) is 10.9. The van der Waals surface area contributed by atoms with E-state index < -0.39 is 39.1 Å². The molecule has 0 spiro atoms. The van der Waals surface area contributed by atoms with Crippen LogP contribution in [0.5, 0.6) is 17.2 Å². The van der Waals surface area contributed by atoms with Crippen molar-refractivity contribution in [3.8, 4) is 17.2 Å². The van der Waals surface area contributed by atoms with Gasteiger partial charge in [-0.1, -0.05) is 17.7 Å². The van der Waals surface area contributed by atoms with Crippen LogP contribution in [0.25, 0.3) is 6.08 Å². The number of methoxy groups -OCH3 is 1. The number of urea groups is 1. The van der Waals surface area contributed by atoms with E-state index in [-0.39, 0.29) is 33.5 Å². The zero-order valence-electron chi connectivity index (χ0n) is 19.5. The molecule has 1 aliphatic rings. The van der Waals surface area contributed by atoms with Gasteiger partial charge in [0, 0.05) is 11.1 Å². The van der Waals surface area contributed by atoms with Gasteiger partial charge in [-0.3, -0.25) is 35.1 Å². The smallest absolute Gasteiger partial charge is 0.335 e. The Hall–Kier alpha value is -4.57. The van der Waals surface area contributed by atoms with Crippen molar-refractivity contribution in [2.45, 2.75) is 0 Å². The van der Waals surface area contributed by atoms with E-state index in [1.165, 1.54) is 37.5 Å². The van der Waals surface area contributed by atoms with Crippen molar-refractivity contribution in [3.05, 3.63) is 94.6 Å². The highest BCUT2D eigenvalue weighted by molar-refractivity contribution is 14.1. The number of nitrogens with zero attached hydrogens (tertiary/aromatic N) is 3. The van der Waals surface area contributed by atoms with Crippen molar-refractivity contribution in [1.82, 2.24) is 5.32 Å². The monoisotopic (exact) mass is 664 g/mol. The summed E-state index contributed by atoms with van der Waals surface area (Å²) in [5.74, 6) is -1.95. The van der Waals surface area contributed by atoms with Gasteiger partial charge in [-0.25, -0.2) is 9.69 Å². The van der Waals surface area contributed by atoms with Crippen molar-refractivity contribution in [2.75, 3.05) is 12.0 Å². The first-order valence-corrected chi connectivity index (χ1v) is 12.1. The number of barbiturate groups is 1. The molecular weight excluding hydrogens is 651 g/mol. The minimum Gasteiger partial charge on any atom is -0.493 e. The van der Waals surface area contributed by atoms with E-state index in [1.54, 1.807) is 12.1 Å². The number of carbonyl (C=O) groups is 3. The molecule has 0 bridgehead atoms. The maximum atomic E-state index is 13.1. The van der Waals surface area contributed by atoms with Crippen LogP contribution in [-0.4, -0.2) is 34.8 Å². The number of benzene rings is 3. The highest BCUT2D eigenvalue weighted by Gasteiger charge is 2.37. The van der Waals surface area contributed by atoms with Gasteiger partial charge in [0.15, 0.2) is 11.5 Å². The minimum atomic E-state index is -0.940. The molecule has 39 heavy (non-hydrogen) atoms. The number of ether oxygens (including phenoxy) is 2. The molecule has 1 heterocycles. The molecule has 1 saturated heterocycles. The van der Waals surface area contributed by atoms with E-state index in [0.29, 0.717) is 9.13 Å². The SMILES string of the molecule is COc1cc(/C=C2\C(=O)NC(=O)N(c3cccc(Cl)c3)C2=O)cc(I)c1Oc1ccc([N+](=O)[O-])cc1[N+](=O)[O-]. The molecule has 4 amide bonds. The Morgan fingerprint density at radius 1 is 1.00 bits per heavy atom. The summed E-state index contributed by atoms with van der Waals surface area (Å²) >= 11 is 7.84. The molecule has 3 aromatic rings. The van der Waals surface area contributed by atoms with Crippen molar-refractivity contribution in [2.24, 2.45) is 0 Å². The van der Waals surface area contributed by atoms with Crippen LogP contribution in [0.2, 0.25) is 5.02 Å². The molecule has 1 N–H and O–H groups in total. The first-order valence-electron chi connectivity index (χ1n) is 10.7. The number of nitro benzene ring substituents is 2. The number of amides is 4. The Morgan fingerprint density at radius 2 is 1.74 bits per heavy atom. The molecule has 0 aliphatic carbocycles. The fraction of sp³-hybridized carbons (Fsp3) is 0.0417. The second kappa shape index (κ2) is 11.0. The molecule has 4 rings (SSSR count). The van der Waals surface area contributed by atoms with E-state index in [0.717, 1.165) is 23.1 Å². The average molecular weight is 665 g/mol. The van der Waals surface area contributed by atoms with Gasteiger partial charge < -0.3 is 9.47 Å². The van der Waals surface area contributed by atoms with Gasteiger partial charge in [0.2, 0.25) is 5.75 Å². The Labute approximate surface area is 237 Å². The van der Waals surface area contributed by atoms with Crippen LogP contribution in [0.15, 0.2) is 60.2 Å². The van der Waals surface area contributed by atoms with Gasteiger partial charge in [0.1, 0.15) is 5.57 Å². The first-order chi connectivity index (χ1) is 18.5. The van der Waals surface area contributed by atoms with Crippen LogP contribution in [0.1, 0.15) is 5.56 Å². The quantitative estimate of drug-likeness (QED) is 0.117. The predicted octanol–water partition coefficient (Wildman–Crippen LogP) is 5.23. The third-order valence-electron chi connectivity index (χ3n) is 5.29. The Balaban J connectivity index is 1.72. The van der Waals surface area contributed by atoms with Gasteiger partial charge in [-0.2, -0.15) is 0 Å². The van der Waals surface area contributed by atoms with Crippen molar-refractivity contribution < 1.29 is 33.7 Å². The summed E-state index contributed by atoms with van der Waals surface area (Å²) in [6.07, 6.45) is 1.24. The molecule has 0 radical (unpaired) electrons. The lowest BCUT2D eigenvalue weighted by Gasteiger charge is -2.26. The predicted molar refractivity (Wildman–Crippen MR) is 146 cm³/mol. The molecule has 1 aliphatic heterocycles. The van der Waals surface area contributed by atoms with E-state index in [2.05, 4.69) is 5.32 Å². The normalized spacial score (nSPS) is 14.3. The fourth-order valence-electron chi connectivity index (χ4n) is 3.55. The number of halogens is 2. The largest absolute Gasteiger partial charge is 0.493 e. The van der Waals surface area contributed by atoms with Crippen LogP contribution in [0.4, 0.5) is 21.9 Å². The average Bonchev–Trinajstić information content (AvgIpc) is 2.87. The fourth-order valence-corrected chi connectivity index (χ4v) is 4.47. The molecule has 3 aromatic carbocycles. The lowest BCUT2D eigenvalue weighted by molar-refractivity contribution is -0.394. The number of imide groups is 2. The number of hydrogen-bond donors (Lipinski definition) is 1. The molecule has 0 aromatic heterocycles. The van der Waals surface area contributed by atoms with Crippen molar-refractivity contribution >= 4 is 75.2 Å². The number of hydrogen-bond acceptors (Lipinski definition) is 9. The molecule has 0 saturated carbocycles. The molecule has 0 unspecified atom stereocenters. The number of non-ortho nitro benzene ring substituents is 1.